The van der Waals surface area contributed by atoms with Gasteiger partial charge in [-0.15, -0.1) is 0 Å². The summed E-state index contributed by atoms with van der Waals surface area (Å²) in [7, 11) is -3.49. The number of hydrogen-bond donors (Lipinski definition) is 1. The summed E-state index contributed by atoms with van der Waals surface area (Å²) in [6.07, 6.45) is 3.27. The lowest BCUT2D eigenvalue weighted by Gasteiger charge is -2.29. The smallest absolute Gasteiger partial charge is 0.159 e. The van der Waals surface area contributed by atoms with Crippen molar-refractivity contribution in [1.82, 2.24) is 0 Å². The first-order chi connectivity index (χ1) is 6.31. The molecule has 0 spiro atoms. The third kappa shape index (κ3) is 1.74. The molecule has 3 nitrogen and oxygen atoms in total. The predicted octanol–water partition coefficient (Wildman–Crippen LogP) is 0.616. The zero-order valence-electron chi connectivity index (χ0n) is 8.07. The van der Waals surface area contributed by atoms with Gasteiger partial charge in [0.2, 0.25) is 0 Å². The molecule has 0 saturated carbocycles. The molecule has 0 amide bonds. The average Bonchev–Trinajstić information content (AvgIpc) is 2.08. The van der Waals surface area contributed by atoms with Crippen LogP contribution in [0.1, 0.15) is 6.92 Å². The molecule has 0 fully saturated rings. The van der Waals surface area contributed by atoms with Crippen molar-refractivity contribution in [2.45, 2.75) is 17.8 Å². The van der Waals surface area contributed by atoms with E-state index in [2.05, 4.69) is 0 Å². The van der Waals surface area contributed by atoms with Crippen LogP contribution in [0.15, 0.2) is 23.8 Å². The topological polar surface area (TPSA) is 54.4 Å². The van der Waals surface area contributed by atoms with Crippen molar-refractivity contribution in [3.05, 3.63) is 23.8 Å². The van der Waals surface area contributed by atoms with E-state index in [4.69, 9.17) is 5.11 Å². The quantitative estimate of drug-likeness (QED) is 0.742. The Morgan fingerprint density at radius 1 is 1.64 bits per heavy atom. The van der Waals surface area contributed by atoms with Crippen LogP contribution in [0.5, 0.6) is 0 Å². The van der Waals surface area contributed by atoms with Gasteiger partial charge in [0.1, 0.15) is 10.9 Å². The number of aliphatic hydroxyl groups excluding tert-OH is 1. The van der Waals surface area contributed by atoms with E-state index < -0.39 is 20.8 Å². The molecule has 0 radical (unpaired) electrons. The summed E-state index contributed by atoms with van der Waals surface area (Å²) in [5.41, 5.74) is 0.402. The molecule has 0 aliphatic heterocycles. The van der Waals surface area contributed by atoms with Crippen LogP contribution >= 0.6 is 0 Å². The largest absolute Gasteiger partial charge is 0.392 e. The van der Waals surface area contributed by atoms with Gasteiger partial charge in [-0.05, 0) is 18.6 Å². The highest BCUT2D eigenvalue weighted by Gasteiger charge is 2.42. The molecule has 2 unspecified atom stereocenters. The van der Waals surface area contributed by atoms with Crippen LogP contribution in [0.3, 0.4) is 0 Å². The molecule has 0 aromatic rings. The standard InChI is InChI=1S/C9H13FO3S/c1-9(14(2,12)13)4-3-7(6-11)5-8(9)10/h3-5,8,11H,6H2,1-2H3. The first kappa shape index (κ1) is 11.4. The first-order valence-corrected chi connectivity index (χ1v) is 6.05. The maximum Gasteiger partial charge on any atom is 0.159 e. The molecule has 0 heterocycles. The van der Waals surface area contributed by atoms with E-state index in [1.54, 1.807) is 0 Å². The maximum absolute atomic E-state index is 13.5. The van der Waals surface area contributed by atoms with Crippen LogP contribution in [-0.4, -0.2) is 37.3 Å². The number of aliphatic hydroxyl groups is 1. The number of rotatable bonds is 2. The van der Waals surface area contributed by atoms with Crippen molar-refractivity contribution >= 4 is 9.84 Å². The van der Waals surface area contributed by atoms with E-state index in [1.165, 1.54) is 19.1 Å². The summed E-state index contributed by atoms with van der Waals surface area (Å²) in [5, 5.41) is 8.75. The van der Waals surface area contributed by atoms with Crippen LogP contribution in [0.4, 0.5) is 4.39 Å². The van der Waals surface area contributed by atoms with Gasteiger partial charge < -0.3 is 5.11 Å². The van der Waals surface area contributed by atoms with E-state index >= 15 is 0 Å². The van der Waals surface area contributed by atoms with Crippen LogP contribution in [0, 0.1) is 0 Å². The molecule has 1 aliphatic rings. The first-order valence-electron chi connectivity index (χ1n) is 4.16. The van der Waals surface area contributed by atoms with Gasteiger partial charge in [-0.3, -0.25) is 0 Å². The summed E-state index contributed by atoms with van der Waals surface area (Å²) >= 11 is 0. The number of alkyl halides is 1. The van der Waals surface area contributed by atoms with Crippen LogP contribution in [0.25, 0.3) is 0 Å². The summed E-state index contributed by atoms with van der Waals surface area (Å²) in [6, 6.07) is 0. The molecular formula is C9H13FO3S. The highest BCUT2D eigenvalue weighted by Crippen LogP contribution is 2.30. The van der Waals surface area contributed by atoms with Gasteiger partial charge in [0.25, 0.3) is 0 Å². The molecule has 0 saturated heterocycles. The van der Waals surface area contributed by atoms with E-state index in [-0.39, 0.29) is 6.61 Å². The Kier molecular flexibility index (Phi) is 2.83. The van der Waals surface area contributed by atoms with Crippen molar-refractivity contribution < 1.29 is 17.9 Å². The Hall–Kier alpha value is -0.680. The van der Waals surface area contributed by atoms with Gasteiger partial charge >= 0.3 is 0 Å². The number of allylic oxidation sites excluding steroid dienone is 1. The molecule has 0 aromatic carbocycles. The second-order valence-corrected chi connectivity index (χ2v) is 6.01. The van der Waals surface area contributed by atoms with Crippen LogP contribution < -0.4 is 0 Å². The summed E-state index contributed by atoms with van der Waals surface area (Å²) in [6.45, 7) is 1.05. The van der Waals surface area contributed by atoms with Crippen molar-refractivity contribution in [3.8, 4) is 0 Å². The lowest BCUT2D eigenvalue weighted by Crippen LogP contribution is -2.42. The van der Waals surface area contributed by atoms with Crippen LogP contribution in [-0.2, 0) is 9.84 Å². The van der Waals surface area contributed by atoms with Gasteiger partial charge in [-0.2, -0.15) is 0 Å². The number of hydrogen-bond acceptors (Lipinski definition) is 3. The van der Waals surface area contributed by atoms with Gasteiger partial charge in [-0.1, -0.05) is 12.2 Å². The maximum atomic E-state index is 13.5. The summed E-state index contributed by atoms with van der Waals surface area (Å²) in [5.74, 6) is 0. The second-order valence-electron chi connectivity index (χ2n) is 3.59. The fourth-order valence-corrected chi connectivity index (χ4v) is 2.00. The fraction of sp³-hybridized carbons (Fsp3) is 0.556. The van der Waals surface area contributed by atoms with Gasteiger partial charge in [0.15, 0.2) is 9.84 Å². The van der Waals surface area contributed by atoms with Crippen molar-refractivity contribution in [2.75, 3.05) is 12.9 Å². The average molecular weight is 220 g/mol. The lowest BCUT2D eigenvalue weighted by atomic mass is 9.96. The van der Waals surface area contributed by atoms with Crippen molar-refractivity contribution in [2.24, 2.45) is 0 Å². The van der Waals surface area contributed by atoms with E-state index in [1.807, 2.05) is 0 Å². The van der Waals surface area contributed by atoms with Gasteiger partial charge in [-0.25, -0.2) is 12.8 Å². The van der Waals surface area contributed by atoms with Crippen LogP contribution in [0.2, 0.25) is 0 Å². The highest BCUT2D eigenvalue weighted by atomic mass is 32.2. The third-order valence-corrected chi connectivity index (χ3v) is 4.48. The predicted molar refractivity (Wildman–Crippen MR) is 52.5 cm³/mol. The van der Waals surface area contributed by atoms with Crippen molar-refractivity contribution in [3.63, 3.8) is 0 Å². The molecule has 1 N–H and O–H groups in total. The van der Waals surface area contributed by atoms with Gasteiger partial charge in [0, 0.05) is 6.26 Å². The second kappa shape index (κ2) is 3.47. The van der Waals surface area contributed by atoms with E-state index in [9.17, 15) is 12.8 Å². The Balaban J connectivity index is 3.11. The van der Waals surface area contributed by atoms with Gasteiger partial charge in [0.05, 0.1) is 6.61 Å². The molecule has 5 heteroatoms. The summed E-state index contributed by atoms with van der Waals surface area (Å²) in [4.78, 5) is 0. The minimum absolute atomic E-state index is 0.281. The molecule has 14 heavy (non-hydrogen) atoms. The Morgan fingerprint density at radius 3 is 2.57 bits per heavy atom. The highest BCUT2D eigenvalue weighted by molar-refractivity contribution is 7.92. The minimum atomic E-state index is -3.49. The zero-order chi connectivity index (χ0) is 11.0. The minimum Gasteiger partial charge on any atom is -0.392 e. The number of halogens is 1. The monoisotopic (exact) mass is 220 g/mol. The molecule has 80 valence electrons. The Morgan fingerprint density at radius 2 is 2.21 bits per heavy atom. The number of sulfone groups is 1. The Labute approximate surface area is 82.9 Å². The SMILES string of the molecule is CC1(S(C)(=O)=O)C=CC(CO)=CC1F. The molecular weight excluding hydrogens is 207 g/mol. The van der Waals surface area contributed by atoms with E-state index in [0.717, 1.165) is 12.3 Å². The molecule has 0 bridgehead atoms. The Bertz CT molecular complexity index is 383. The third-order valence-electron chi connectivity index (χ3n) is 2.52. The zero-order valence-corrected chi connectivity index (χ0v) is 8.88. The summed E-state index contributed by atoms with van der Waals surface area (Å²) < 4.78 is 34.7. The fourth-order valence-electron chi connectivity index (χ4n) is 1.21. The molecule has 1 rings (SSSR count). The molecule has 0 aromatic heterocycles. The molecule has 1 aliphatic carbocycles. The van der Waals surface area contributed by atoms with Crippen molar-refractivity contribution in [1.29, 1.82) is 0 Å². The normalized spacial score (nSPS) is 32.9. The van der Waals surface area contributed by atoms with E-state index in [0.29, 0.717) is 5.57 Å². The molecule has 2 atom stereocenters. The lowest BCUT2D eigenvalue weighted by molar-refractivity contribution is 0.316.